The maximum atomic E-state index is 11.8. The van der Waals surface area contributed by atoms with Crippen LogP contribution in [-0.2, 0) is 4.79 Å². The van der Waals surface area contributed by atoms with Gasteiger partial charge in [-0.1, -0.05) is 27.5 Å². The van der Waals surface area contributed by atoms with E-state index in [1.54, 1.807) is 0 Å². The lowest BCUT2D eigenvalue weighted by Crippen LogP contribution is -2.37. The van der Waals surface area contributed by atoms with E-state index in [4.69, 9.17) is 11.6 Å². The summed E-state index contributed by atoms with van der Waals surface area (Å²) in [4.78, 5) is 11.8. The molecule has 0 bridgehead atoms. The minimum atomic E-state index is -0.184. The molecule has 1 saturated heterocycles. The molecule has 5 heteroatoms. The number of nitrogens with one attached hydrogen (secondary N) is 2. The second kappa shape index (κ2) is 5.74. The maximum absolute atomic E-state index is 11.8. The van der Waals surface area contributed by atoms with Gasteiger partial charge in [-0.2, -0.15) is 0 Å². The Morgan fingerprint density at radius 2 is 2.24 bits per heavy atom. The average Bonchev–Trinajstić information content (AvgIpc) is 2.48. The number of halogens is 2. The van der Waals surface area contributed by atoms with E-state index < -0.39 is 0 Å². The van der Waals surface area contributed by atoms with E-state index in [0.717, 1.165) is 36.0 Å². The van der Waals surface area contributed by atoms with Gasteiger partial charge in [0, 0.05) is 11.0 Å². The Balaban J connectivity index is 2.10. The fraction of sp³-hybridized carbons (Fsp3) is 0.417. The van der Waals surface area contributed by atoms with Crippen molar-refractivity contribution in [3.63, 3.8) is 0 Å². The molecule has 0 aliphatic carbocycles. The molecule has 0 radical (unpaired) electrons. The number of carbonyl (C=O) groups is 1. The Bertz CT molecular complexity index is 425. The molecule has 3 nitrogen and oxygen atoms in total. The summed E-state index contributed by atoms with van der Waals surface area (Å²) in [7, 11) is 0. The molecular formula is C12H14BrClN2O. The van der Waals surface area contributed by atoms with Crippen molar-refractivity contribution >= 4 is 39.1 Å². The molecule has 1 atom stereocenters. The zero-order valence-electron chi connectivity index (χ0n) is 9.30. The van der Waals surface area contributed by atoms with Gasteiger partial charge in [0.15, 0.2) is 0 Å². The Kier molecular flexibility index (Phi) is 4.29. The highest BCUT2D eigenvalue weighted by Crippen LogP contribution is 2.27. The van der Waals surface area contributed by atoms with E-state index in [9.17, 15) is 4.79 Å². The number of benzene rings is 1. The average molecular weight is 318 g/mol. The number of hydrogen-bond acceptors (Lipinski definition) is 2. The van der Waals surface area contributed by atoms with Gasteiger partial charge >= 0.3 is 0 Å². The summed E-state index contributed by atoms with van der Waals surface area (Å²) in [5.41, 5.74) is 0.803. The largest absolute Gasteiger partial charge is 0.372 e. The van der Waals surface area contributed by atoms with Gasteiger partial charge in [-0.3, -0.25) is 4.79 Å². The zero-order chi connectivity index (χ0) is 12.3. The molecule has 2 rings (SSSR count). The lowest BCUT2D eigenvalue weighted by atomic mass is 10.1. The molecule has 1 aliphatic rings. The Hall–Kier alpha value is -0.740. The first-order valence-electron chi connectivity index (χ1n) is 5.66. The van der Waals surface area contributed by atoms with E-state index in [0.29, 0.717) is 5.02 Å². The summed E-state index contributed by atoms with van der Waals surface area (Å²) in [5.74, 6) is 0.0569. The van der Waals surface area contributed by atoms with Crippen molar-refractivity contribution in [2.45, 2.75) is 25.3 Å². The summed E-state index contributed by atoms with van der Waals surface area (Å²) in [5, 5.41) is 6.71. The highest BCUT2D eigenvalue weighted by Gasteiger charge is 2.20. The monoisotopic (exact) mass is 316 g/mol. The predicted octanol–water partition coefficient (Wildman–Crippen LogP) is 3.18. The second-order valence-corrected chi connectivity index (χ2v) is 5.43. The summed E-state index contributed by atoms with van der Waals surface area (Å²) in [6.07, 6.45) is 2.93. The highest BCUT2D eigenvalue weighted by atomic mass is 79.9. The maximum Gasteiger partial charge on any atom is 0.242 e. The molecule has 0 saturated carbocycles. The van der Waals surface area contributed by atoms with Crippen LogP contribution in [0.2, 0.25) is 5.02 Å². The number of anilines is 1. The lowest BCUT2D eigenvalue weighted by molar-refractivity contribution is -0.121. The van der Waals surface area contributed by atoms with Gasteiger partial charge in [-0.25, -0.2) is 0 Å². The van der Waals surface area contributed by atoms with Crippen molar-refractivity contribution in [3.05, 3.63) is 27.7 Å². The van der Waals surface area contributed by atoms with Crippen molar-refractivity contribution < 1.29 is 4.79 Å². The summed E-state index contributed by atoms with van der Waals surface area (Å²) < 4.78 is 0.929. The van der Waals surface area contributed by atoms with Crippen LogP contribution in [0.3, 0.4) is 0 Å². The first-order chi connectivity index (χ1) is 8.16. The highest BCUT2D eigenvalue weighted by molar-refractivity contribution is 9.10. The van der Waals surface area contributed by atoms with Crippen molar-refractivity contribution in [3.8, 4) is 0 Å². The van der Waals surface area contributed by atoms with Gasteiger partial charge in [-0.05, 0) is 37.5 Å². The van der Waals surface area contributed by atoms with Gasteiger partial charge < -0.3 is 10.6 Å². The van der Waals surface area contributed by atoms with Crippen molar-refractivity contribution in [1.82, 2.24) is 5.32 Å². The second-order valence-electron chi connectivity index (χ2n) is 4.11. The topological polar surface area (TPSA) is 41.1 Å². The van der Waals surface area contributed by atoms with Gasteiger partial charge in [0.25, 0.3) is 0 Å². The van der Waals surface area contributed by atoms with E-state index in [-0.39, 0.29) is 11.9 Å². The van der Waals surface area contributed by atoms with Gasteiger partial charge in [0.1, 0.15) is 6.04 Å². The molecule has 92 valence electrons. The van der Waals surface area contributed by atoms with Gasteiger partial charge in [0.05, 0.1) is 10.7 Å². The van der Waals surface area contributed by atoms with Crippen molar-refractivity contribution in [2.24, 2.45) is 0 Å². The molecule has 0 spiro atoms. The number of carbonyl (C=O) groups excluding carboxylic acids is 1. The molecule has 1 aromatic rings. The standard InChI is InChI=1S/C12H14BrClN2O/c13-8-4-5-10(9(14)7-8)16-11-3-1-2-6-15-12(11)17/h4-5,7,11,16H,1-3,6H2,(H,15,17). The fourth-order valence-electron chi connectivity index (χ4n) is 1.87. The first kappa shape index (κ1) is 12.7. The third-order valence-corrected chi connectivity index (χ3v) is 3.60. The van der Waals surface area contributed by atoms with Crippen LogP contribution >= 0.6 is 27.5 Å². The summed E-state index contributed by atoms with van der Waals surface area (Å²) in [6.45, 7) is 0.769. The molecule has 1 amide bonds. The number of hydrogen-bond donors (Lipinski definition) is 2. The molecular weight excluding hydrogens is 304 g/mol. The van der Waals surface area contributed by atoms with E-state index >= 15 is 0 Å². The van der Waals surface area contributed by atoms with Crippen molar-refractivity contribution in [1.29, 1.82) is 0 Å². The van der Waals surface area contributed by atoms with Gasteiger partial charge in [0.2, 0.25) is 5.91 Å². The van der Waals surface area contributed by atoms with E-state index in [1.165, 1.54) is 0 Å². The van der Waals surface area contributed by atoms with Crippen LogP contribution in [-0.4, -0.2) is 18.5 Å². The fourth-order valence-corrected chi connectivity index (χ4v) is 2.60. The minimum absolute atomic E-state index is 0.0569. The molecule has 1 unspecified atom stereocenters. The van der Waals surface area contributed by atoms with Crippen LogP contribution in [0.4, 0.5) is 5.69 Å². The van der Waals surface area contributed by atoms with E-state index in [2.05, 4.69) is 26.6 Å². The van der Waals surface area contributed by atoms with E-state index in [1.807, 2.05) is 18.2 Å². The third kappa shape index (κ3) is 3.36. The van der Waals surface area contributed by atoms with Gasteiger partial charge in [-0.15, -0.1) is 0 Å². The molecule has 1 heterocycles. The number of amides is 1. The molecule has 0 aromatic heterocycles. The molecule has 1 fully saturated rings. The zero-order valence-corrected chi connectivity index (χ0v) is 11.6. The summed E-state index contributed by atoms with van der Waals surface area (Å²) >= 11 is 9.47. The van der Waals surface area contributed by atoms with Crippen molar-refractivity contribution in [2.75, 3.05) is 11.9 Å². The Morgan fingerprint density at radius 3 is 3.00 bits per heavy atom. The van der Waals surface area contributed by atoms with Crippen LogP contribution in [0.25, 0.3) is 0 Å². The smallest absolute Gasteiger partial charge is 0.242 e. The van der Waals surface area contributed by atoms with Crippen LogP contribution in [0.1, 0.15) is 19.3 Å². The predicted molar refractivity (Wildman–Crippen MR) is 73.4 cm³/mol. The molecule has 2 N–H and O–H groups in total. The minimum Gasteiger partial charge on any atom is -0.372 e. The SMILES string of the molecule is O=C1NCCCCC1Nc1ccc(Br)cc1Cl. The van der Waals surface area contributed by atoms with Crippen LogP contribution in [0.15, 0.2) is 22.7 Å². The van der Waals surface area contributed by atoms with Crippen LogP contribution in [0.5, 0.6) is 0 Å². The first-order valence-corrected chi connectivity index (χ1v) is 6.83. The Morgan fingerprint density at radius 1 is 1.41 bits per heavy atom. The quantitative estimate of drug-likeness (QED) is 0.879. The van der Waals surface area contributed by atoms with Crippen LogP contribution in [0, 0.1) is 0 Å². The normalized spacial score (nSPS) is 20.6. The molecule has 1 aliphatic heterocycles. The summed E-state index contributed by atoms with van der Waals surface area (Å²) in [6, 6.07) is 5.42. The molecule has 17 heavy (non-hydrogen) atoms. The third-order valence-electron chi connectivity index (χ3n) is 2.80. The Labute approximate surface area is 114 Å². The number of rotatable bonds is 2. The molecule has 1 aromatic carbocycles. The van der Waals surface area contributed by atoms with Crippen LogP contribution < -0.4 is 10.6 Å². The lowest BCUT2D eigenvalue weighted by Gasteiger charge is -2.17.